The molecule has 2 aliphatic rings. The van der Waals surface area contributed by atoms with E-state index in [4.69, 9.17) is 28.4 Å². The summed E-state index contributed by atoms with van der Waals surface area (Å²) in [5, 5.41) is 0. The Kier molecular flexibility index (Phi) is 8.05. The summed E-state index contributed by atoms with van der Waals surface area (Å²) >= 11 is 6.63. The van der Waals surface area contributed by atoms with Gasteiger partial charge in [-0.1, -0.05) is 62.2 Å². The fourth-order valence-electron chi connectivity index (χ4n) is 3.30. The summed E-state index contributed by atoms with van der Waals surface area (Å²) in [7, 11) is 1.43. The quantitative estimate of drug-likeness (QED) is 0.373. The number of ether oxygens (including phenoxy) is 6. The molecule has 2 aliphatic heterocycles. The molecule has 0 N–H and O–H groups in total. The van der Waals surface area contributed by atoms with Crippen molar-refractivity contribution in [3.63, 3.8) is 0 Å². The molecule has 32 heavy (non-hydrogen) atoms. The largest absolute Gasteiger partial charge is 0.454 e. The first kappa shape index (κ1) is 25.6. The van der Waals surface area contributed by atoms with Crippen molar-refractivity contribution in [1.29, 1.82) is 0 Å². The second-order valence-corrected chi connectivity index (χ2v) is 12.6. The van der Waals surface area contributed by atoms with Crippen LogP contribution in [0.25, 0.3) is 0 Å². The molecule has 1 aromatic carbocycles. The molecule has 3 rings (SSSR count). The van der Waals surface area contributed by atoms with Crippen molar-refractivity contribution in [1.82, 2.24) is 0 Å². The minimum absolute atomic E-state index is 0.181. The average Bonchev–Trinajstić information content (AvgIpc) is 2.73. The maximum atomic E-state index is 12.8. The molecular weight excluding hydrogens is 552 g/mol. The molecular formula is C22H28Br2O8. The van der Waals surface area contributed by atoms with Crippen molar-refractivity contribution in [2.75, 3.05) is 13.7 Å². The second kappa shape index (κ2) is 10.1. The molecule has 0 aromatic heterocycles. The van der Waals surface area contributed by atoms with Crippen molar-refractivity contribution >= 4 is 43.8 Å². The highest BCUT2D eigenvalue weighted by Crippen LogP contribution is 2.38. The van der Waals surface area contributed by atoms with Crippen molar-refractivity contribution in [2.45, 2.75) is 73.3 Å². The smallest absolute Gasteiger partial charge is 0.322 e. The minimum atomic E-state index is -1.06. The fourth-order valence-corrected chi connectivity index (χ4v) is 3.49. The highest BCUT2D eigenvalue weighted by atomic mass is 79.9. The first-order valence-corrected chi connectivity index (χ1v) is 11.8. The van der Waals surface area contributed by atoms with E-state index in [0.29, 0.717) is 0 Å². The number of fused-ring (bicyclic) bond motifs is 1. The van der Waals surface area contributed by atoms with E-state index in [9.17, 15) is 9.59 Å². The van der Waals surface area contributed by atoms with Crippen molar-refractivity contribution < 1.29 is 38.0 Å². The van der Waals surface area contributed by atoms with Crippen LogP contribution in [0.3, 0.4) is 0 Å². The van der Waals surface area contributed by atoms with Gasteiger partial charge in [0.15, 0.2) is 24.8 Å². The van der Waals surface area contributed by atoms with Gasteiger partial charge in [0.2, 0.25) is 0 Å². The summed E-state index contributed by atoms with van der Waals surface area (Å²) in [5.41, 5.74) is 0.806. The summed E-state index contributed by atoms with van der Waals surface area (Å²) in [4.78, 5) is 25.5. The number of hydrogen-bond donors (Lipinski definition) is 0. The van der Waals surface area contributed by atoms with Crippen LogP contribution in [0.1, 0.15) is 39.5 Å². The highest BCUT2D eigenvalue weighted by molar-refractivity contribution is 9.10. The predicted molar refractivity (Wildman–Crippen MR) is 121 cm³/mol. The van der Waals surface area contributed by atoms with Gasteiger partial charge in [-0.3, -0.25) is 9.59 Å². The van der Waals surface area contributed by atoms with Gasteiger partial charge in [0.1, 0.15) is 20.9 Å². The summed E-state index contributed by atoms with van der Waals surface area (Å²) in [6.07, 6.45) is -5.07. The maximum Gasteiger partial charge on any atom is 0.322 e. The molecule has 2 heterocycles. The number of methoxy groups -OCH3 is 1. The van der Waals surface area contributed by atoms with E-state index in [0.717, 1.165) is 5.56 Å². The molecule has 0 amide bonds. The van der Waals surface area contributed by atoms with Gasteiger partial charge in [-0.2, -0.15) is 0 Å². The summed E-state index contributed by atoms with van der Waals surface area (Å²) < 4.78 is 33.1. The number of carbonyl (C=O) groups is 2. The molecule has 0 unspecified atom stereocenters. The molecule has 0 saturated carbocycles. The molecule has 0 aliphatic carbocycles. The molecule has 8 nitrogen and oxygen atoms in total. The van der Waals surface area contributed by atoms with E-state index < -0.39 is 57.6 Å². The van der Waals surface area contributed by atoms with E-state index >= 15 is 0 Å². The SMILES string of the molecule is CO[C@H]1O[C@@H]2CO[C@@H](c3ccccc3)O[C@H]2[C@H](OC(=O)C(C)(C)Br)[C@H]1OC(=O)C(C)(C)Br. The van der Waals surface area contributed by atoms with Crippen LogP contribution in [0.5, 0.6) is 0 Å². The normalized spacial score (nSPS) is 30.8. The number of hydrogen-bond acceptors (Lipinski definition) is 8. The van der Waals surface area contributed by atoms with E-state index in [1.54, 1.807) is 27.7 Å². The topological polar surface area (TPSA) is 89.5 Å². The van der Waals surface area contributed by atoms with Crippen molar-refractivity contribution in [3.05, 3.63) is 35.9 Å². The fraction of sp³-hybridized carbons (Fsp3) is 0.636. The van der Waals surface area contributed by atoms with E-state index in [-0.39, 0.29) is 6.61 Å². The Hall–Kier alpha value is -1.04. The zero-order valence-corrected chi connectivity index (χ0v) is 21.8. The van der Waals surface area contributed by atoms with Gasteiger partial charge < -0.3 is 28.4 Å². The van der Waals surface area contributed by atoms with Crippen LogP contribution >= 0.6 is 31.9 Å². The minimum Gasteiger partial charge on any atom is -0.454 e. The Morgan fingerprint density at radius 1 is 0.938 bits per heavy atom. The first-order valence-electron chi connectivity index (χ1n) is 10.2. The Morgan fingerprint density at radius 2 is 1.50 bits per heavy atom. The molecule has 10 heteroatoms. The van der Waals surface area contributed by atoms with Crippen LogP contribution in [0.15, 0.2) is 30.3 Å². The molecule has 0 spiro atoms. The van der Waals surface area contributed by atoms with Crippen molar-refractivity contribution in [2.24, 2.45) is 0 Å². The first-order chi connectivity index (χ1) is 14.9. The number of rotatable bonds is 6. The predicted octanol–water partition coefficient (Wildman–Crippen LogP) is 3.64. The molecule has 1 aromatic rings. The highest BCUT2D eigenvalue weighted by Gasteiger charge is 2.55. The molecule has 178 valence electrons. The van der Waals surface area contributed by atoms with E-state index in [1.807, 2.05) is 30.3 Å². The third-order valence-corrected chi connectivity index (χ3v) is 5.69. The number of esters is 2. The second-order valence-electron chi connectivity index (χ2n) is 8.64. The van der Waals surface area contributed by atoms with Gasteiger partial charge >= 0.3 is 11.9 Å². The summed E-state index contributed by atoms with van der Waals surface area (Å²) in [6, 6.07) is 9.39. The Bertz CT molecular complexity index is 804. The Morgan fingerprint density at radius 3 is 2.03 bits per heavy atom. The Balaban J connectivity index is 1.93. The lowest BCUT2D eigenvalue weighted by Crippen LogP contribution is -2.65. The van der Waals surface area contributed by atoms with Crippen LogP contribution in [0.4, 0.5) is 0 Å². The number of alkyl halides is 2. The lowest BCUT2D eigenvalue weighted by Gasteiger charge is -2.48. The van der Waals surface area contributed by atoms with Crippen LogP contribution < -0.4 is 0 Å². The van der Waals surface area contributed by atoms with Crippen LogP contribution in [-0.4, -0.2) is 65.0 Å². The third kappa shape index (κ3) is 5.90. The molecule has 0 bridgehead atoms. The lowest BCUT2D eigenvalue weighted by molar-refractivity contribution is -0.359. The number of benzene rings is 1. The van der Waals surface area contributed by atoms with Gasteiger partial charge in [0.25, 0.3) is 0 Å². The lowest BCUT2D eigenvalue weighted by atomic mass is 9.96. The van der Waals surface area contributed by atoms with Gasteiger partial charge in [-0.15, -0.1) is 0 Å². The number of halogens is 2. The zero-order valence-electron chi connectivity index (χ0n) is 18.6. The van der Waals surface area contributed by atoms with Gasteiger partial charge in [0, 0.05) is 12.7 Å². The van der Waals surface area contributed by atoms with Crippen LogP contribution in [0, 0.1) is 0 Å². The molecule has 2 fully saturated rings. The van der Waals surface area contributed by atoms with Crippen LogP contribution in [0.2, 0.25) is 0 Å². The average molecular weight is 580 g/mol. The number of carbonyl (C=O) groups excluding carboxylic acids is 2. The summed E-state index contributed by atoms with van der Waals surface area (Å²) in [6.45, 7) is 6.83. The van der Waals surface area contributed by atoms with Gasteiger partial charge in [0.05, 0.1) is 6.61 Å². The molecule has 6 atom stereocenters. The molecule has 0 radical (unpaired) electrons. The monoisotopic (exact) mass is 578 g/mol. The standard InChI is InChI=1S/C22H28Br2O8/c1-21(2,23)19(25)31-15-14-13(11-28-17(30-14)12-9-7-6-8-10-12)29-18(27-5)16(15)32-20(26)22(3,4)24/h6-10,13-18H,11H2,1-5H3/t13-,14-,15+,16-,17-,18+/m1/s1. The third-order valence-electron chi connectivity index (χ3n) is 5.04. The Labute approximate surface area is 204 Å². The van der Waals surface area contributed by atoms with E-state index in [1.165, 1.54) is 7.11 Å². The molecule has 2 saturated heterocycles. The summed E-state index contributed by atoms with van der Waals surface area (Å²) in [5.74, 6) is -1.10. The van der Waals surface area contributed by atoms with E-state index in [2.05, 4.69) is 31.9 Å². The van der Waals surface area contributed by atoms with Gasteiger partial charge in [-0.25, -0.2) is 0 Å². The van der Waals surface area contributed by atoms with Crippen molar-refractivity contribution in [3.8, 4) is 0 Å². The van der Waals surface area contributed by atoms with Crippen LogP contribution in [-0.2, 0) is 38.0 Å². The van der Waals surface area contributed by atoms with Gasteiger partial charge in [-0.05, 0) is 27.7 Å². The zero-order chi connectivity index (χ0) is 23.7. The maximum absolute atomic E-state index is 12.8.